The van der Waals surface area contributed by atoms with Crippen molar-refractivity contribution in [1.82, 2.24) is 14.3 Å². The molecule has 4 rings (SSSR count). The first kappa shape index (κ1) is 17.7. The van der Waals surface area contributed by atoms with E-state index < -0.39 is 0 Å². The Morgan fingerprint density at radius 2 is 2.00 bits per heavy atom. The highest BCUT2D eigenvalue weighted by atomic mass is 16.3. The molecule has 1 aromatic carbocycles. The fourth-order valence-electron chi connectivity index (χ4n) is 4.23. The minimum absolute atomic E-state index is 0.00144. The van der Waals surface area contributed by atoms with Crippen molar-refractivity contribution in [1.29, 1.82) is 0 Å². The van der Waals surface area contributed by atoms with Crippen LogP contribution in [0.3, 0.4) is 0 Å². The zero-order valence-corrected chi connectivity index (χ0v) is 16.1. The van der Waals surface area contributed by atoms with Gasteiger partial charge in [0.2, 0.25) is 0 Å². The second-order valence-electron chi connectivity index (χ2n) is 7.55. The van der Waals surface area contributed by atoms with Gasteiger partial charge >= 0.3 is 0 Å². The molecule has 1 aliphatic carbocycles. The van der Waals surface area contributed by atoms with Crippen LogP contribution in [0.2, 0.25) is 0 Å². The third-order valence-corrected chi connectivity index (χ3v) is 5.68. The molecule has 140 valence electrons. The van der Waals surface area contributed by atoms with Crippen molar-refractivity contribution < 1.29 is 9.90 Å². The van der Waals surface area contributed by atoms with Crippen LogP contribution in [0.25, 0.3) is 5.65 Å². The van der Waals surface area contributed by atoms with Crippen molar-refractivity contribution in [3.63, 3.8) is 0 Å². The number of carbonyl (C=O) groups is 1. The first-order valence-electron chi connectivity index (χ1n) is 9.41. The lowest BCUT2D eigenvalue weighted by Crippen LogP contribution is -2.26. The monoisotopic (exact) mass is 363 g/mol. The Hall–Kier alpha value is -2.66. The number of nitrogens with zero attached hydrogens (tertiary/aromatic N) is 3. The van der Waals surface area contributed by atoms with E-state index in [0.29, 0.717) is 5.92 Å². The van der Waals surface area contributed by atoms with Crippen LogP contribution in [0.15, 0.2) is 36.5 Å². The van der Waals surface area contributed by atoms with Gasteiger partial charge in [0.05, 0.1) is 23.6 Å². The summed E-state index contributed by atoms with van der Waals surface area (Å²) in [5.74, 6) is 0.420. The maximum Gasteiger partial charge on any atom is 0.255 e. The number of fused-ring (bicyclic) bond motifs is 3. The molecule has 0 saturated heterocycles. The van der Waals surface area contributed by atoms with Gasteiger partial charge in [-0.2, -0.15) is 0 Å². The lowest BCUT2D eigenvalue weighted by molar-refractivity contribution is 0.0825. The first-order chi connectivity index (χ1) is 13.0. The van der Waals surface area contributed by atoms with Crippen molar-refractivity contribution in [3.05, 3.63) is 70.2 Å². The Morgan fingerprint density at radius 1 is 1.26 bits per heavy atom. The molecule has 1 amide bonds. The van der Waals surface area contributed by atoms with Gasteiger partial charge in [0.15, 0.2) is 0 Å². The van der Waals surface area contributed by atoms with Gasteiger partial charge in [-0.05, 0) is 48.8 Å². The Morgan fingerprint density at radius 3 is 2.67 bits per heavy atom. The second-order valence-corrected chi connectivity index (χ2v) is 7.55. The molecule has 27 heavy (non-hydrogen) atoms. The van der Waals surface area contributed by atoms with E-state index in [-0.39, 0.29) is 12.5 Å². The van der Waals surface area contributed by atoms with Gasteiger partial charge in [-0.1, -0.05) is 30.3 Å². The number of aliphatic hydroxyl groups excluding tert-OH is 1. The number of carbonyl (C=O) groups excluding carboxylic acids is 1. The molecule has 5 nitrogen and oxygen atoms in total. The standard InChI is InChI=1S/C22H25N3O2/c1-14-20(13-26)25-12-19(22(27)24(2)3)17-10-9-16(11-18(17)21(25)23-14)15-7-5-4-6-8-15/h4-8,12,16,26H,9-11,13H2,1-3H3. The molecule has 0 fully saturated rings. The van der Waals surface area contributed by atoms with Crippen LogP contribution in [-0.2, 0) is 19.4 Å². The van der Waals surface area contributed by atoms with Gasteiger partial charge in [0, 0.05) is 20.3 Å². The van der Waals surface area contributed by atoms with E-state index >= 15 is 0 Å². The van der Waals surface area contributed by atoms with Gasteiger partial charge in [-0.15, -0.1) is 0 Å². The SMILES string of the molecule is Cc1nc2c3c(c(C(=O)N(C)C)cn2c1CO)CCC(c1ccccc1)C3. The number of hydrogen-bond acceptors (Lipinski definition) is 3. The number of hydrogen-bond donors (Lipinski definition) is 1. The molecule has 0 spiro atoms. The average molecular weight is 363 g/mol. The summed E-state index contributed by atoms with van der Waals surface area (Å²) >= 11 is 0. The molecule has 3 aromatic rings. The first-order valence-corrected chi connectivity index (χ1v) is 9.41. The molecule has 0 radical (unpaired) electrons. The number of aromatic nitrogens is 2. The largest absolute Gasteiger partial charge is 0.390 e. The molecular weight excluding hydrogens is 338 g/mol. The predicted molar refractivity (Wildman–Crippen MR) is 105 cm³/mol. The maximum atomic E-state index is 12.8. The number of imidazole rings is 1. The number of pyridine rings is 1. The number of rotatable bonds is 3. The highest BCUT2D eigenvalue weighted by molar-refractivity contribution is 5.96. The topological polar surface area (TPSA) is 57.8 Å². The minimum atomic E-state index is -0.0938. The van der Waals surface area contributed by atoms with Crippen LogP contribution >= 0.6 is 0 Å². The molecule has 2 heterocycles. The Bertz CT molecular complexity index is 1010. The number of benzene rings is 1. The fraction of sp³-hybridized carbons (Fsp3) is 0.364. The third kappa shape index (κ3) is 2.92. The summed E-state index contributed by atoms with van der Waals surface area (Å²) in [6.45, 7) is 1.82. The Balaban J connectivity index is 1.92. The summed E-state index contributed by atoms with van der Waals surface area (Å²) in [4.78, 5) is 19.2. The molecule has 1 N–H and O–H groups in total. The normalized spacial score (nSPS) is 16.4. The van der Waals surface area contributed by atoms with E-state index in [1.54, 1.807) is 19.0 Å². The molecule has 1 unspecified atom stereocenters. The lowest BCUT2D eigenvalue weighted by atomic mass is 9.79. The van der Waals surface area contributed by atoms with Crippen molar-refractivity contribution in [2.24, 2.45) is 0 Å². The highest BCUT2D eigenvalue weighted by Crippen LogP contribution is 2.37. The molecule has 5 heteroatoms. The Kier molecular flexibility index (Phi) is 4.48. The zero-order valence-electron chi connectivity index (χ0n) is 16.1. The Labute approximate surface area is 159 Å². The number of aliphatic hydroxyl groups is 1. The van der Waals surface area contributed by atoms with Crippen LogP contribution in [0.4, 0.5) is 0 Å². The van der Waals surface area contributed by atoms with Crippen LogP contribution in [-0.4, -0.2) is 39.4 Å². The fourth-order valence-corrected chi connectivity index (χ4v) is 4.23. The van der Waals surface area contributed by atoms with E-state index in [0.717, 1.165) is 53.0 Å². The van der Waals surface area contributed by atoms with E-state index in [1.807, 2.05) is 23.6 Å². The maximum absolute atomic E-state index is 12.8. The smallest absolute Gasteiger partial charge is 0.255 e. The van der Waals surface area contributed by atoms with Gasteiger partial charge in [-0.25, -0.2) is 4.98 Å². The summed E-state index contributed by atoms with van der Waals surface area (Å²) in [5, 5.41) is 9.82. The molecular formula is C22H25N3O2. The zero-order chi connectivity index (χ0) is 19.1. The van der Waals surface area contributed by atoms with Crippen molar-refractivity contribution in [2.75, 3.05) is 14.1 Å². The van der Waals surface area contributed by atoms with Crippen molar-refractivity contribution in [2.45, 2.75) is 38.7 Å². The van der Waals surface area contributed by atoms with E-state index in [1.165, 1.54) is 5.56 Å². The van der Waals surface area contributed by atoms with Gasteiger partial charge < -0.3 is 14.4 Å². The molecule has 1 atom stereocenters. The van der Waals surface area contributed by atoms with E-state index in [2.05, 4.69) is 24.3 Å². The summed E-state index contributed by atoms with van der Waals surface area (Å²) < 4.78 is 1.91. The molecule has 2 aromatic heterocycles. The van der Waals surface area contributed by atoms with Crippen LogP contribution in [0.5, 0.6) is 0 Å². The van der Waals surface area contributed by atoms with E-state index in [9.17, 15) is 9.90 Å². The van der Waals surface area contributed by atoms with E-state index in [4.69, 9.17) is 4.98 Å². The average Bonchev–Trinajstić information content (AvgIpc) is 3.02. The van der Waals surface area contributed by atoms with Crippen LogP contribution < -0.4 is 0 Å². The number of amides is 1. The second kappa shape index (κ2) is 6.82. The van der Waals surface area contributed by atoms with Gasteiger partial charge in [0.25, 0.3) is 5.91 Å². The van der Waals surface area contributed by atoms with Crippen molar-refractivity contribution >= 4 is 11.6 Å². The predicted octanol–water partition coefficient (Wildman–Crippen LogP) is 3.11. The quantitative estimate of drug-likeness (QED) is 0.778. The summed E-state index contributed by atoms with van der Waals surface area (Å²) in [7, 11) is 3.56. The molecule has 0 bridgehead atoms. The number of aryl methyl sites for hydroxylation is 1. The van der Waals surface area contributed by atoms with Crippen LogP contribution in [0, 0.1) is 6.92 Å². The summed E-state index contributed by atoms with van der Waals surface area (Å²) in [6.07, 6.45) is 4.61. The third-order valence-electron chi connectivity index (χ3n) is 5.68. The molecule has 0 saturated carbocycles. The summed E-state index contributed by atoms with van der Waals surface area (Å²) in [6, 6.07) is 10.6. The van der Waals surface area contributed by atoms with Crippen LogP contribution in [0.1, 0.15) is 50.8 Å². The lowest BCUT2D eigenvalue weighted by Gasteiger charge is -2.28. The summed E-state index contributed by atoms with van der Waals surface area (Å²) in [5.41, 5.74) is 6.76. The molecule has 1 aliphatic rings. The minimum Gasteiger partial charge on any atom is -0.390 e. The molecule has 0 aliphatic heterocycles. The van der Waals surface area contributed by atoms with Gasteiger partial charge in [0.1, 0.15) is 5.65 Å². The van der Waals surface area contributed by atoms with Crippen molar-refractivity contribution in [3.8, 4) is 0 Å². The van der Waals surface area contributed by atoms with Gasteiger partial charge in [-0.3, -0.25) is 4.79 Å². The highest BCUT2D eigenvalue weighted by Gasteiger charge is 2.29.